The van der Waals surface area contributed by atoms with E-state index in [0.717, 1.165) is 6.42 Å². The third-order valence-electron chi connectivity index (χ3n) is 4.72. The highest BCUT2D eigenvalue weighted by Gasteiger charge is 2.37. The van der Waals surface area contributed by atoms with E-state index in [1.807, 2.05) is 0 Å². The fourth-order valence-electron chi connectivity index (χ4n) is 3.11. The van der Waals surface area contributed by atoms with E-state index in [2.05, 4.69) is 10.6 Å². The summed E-state index contributed by atoms with van der Waals surface area (Å²) in [4.78, 5) is 12.0. The third kappa shape index (κ3) is 5.67. The molecule has 0 aliphatic carbocycles. The summed E-state index contributed by atoms with van der Waals surface area (Å²) in [6.07, 6.45) is -8.87. The molecule has 1 aliphatic rings. The number of hydrogen-bond acceptors (Lipinski definition) is 3. The number of ether oxygens (including phenoxy) is 1. The van der Waals surface area contributed by atoms with Crippen molar-refractivity contribution >= 4 is 5.91 Å². The second-order valence-corrected chi connectivity index (χ2v) is 7.08. The summed E-state index contributed by atoms with van der Waals surface area (Å²) in [5, 5.41) is 5.35. The van der Waals surface area contributed by atoms with Crippen LogP contribution >= 0.6 is 0 Å². The zero-order valence-corrected chi connectivity index (χ0v) is 16.1. The first-order valence-corrected chi connectivity index (χ1v) is 9.31. The summed E-state index contributed by atoms with van der Waals surface area (Å²) in [6, 6.07) is 1.05. The van der Waals surface area contributed by atoms with E-state index >= 15 is 0 Å². The quantitative estimate of drug-likeness (QED) is 0.596. The third-order valence-corrected chi connectivity index (χ3v) is 4.72. The molecule has 2 aromatic carbocycles. The summed E-state index contributed by atoms with van der Waals surface area (Å²) in [6.45, 7) is 0.278. The largest absolute Gasteiger partial charge is 0.454 e. The molecule has 174 valence electrons. The van der Waals surface area contributed by atoms with Gasteiger partial charge in [-0.25, -0.2) is 8.78 Å². The summed E-state index contributed by atoms with van der Waals surface area (Å²) in [5.74, 6) is -4.60. The van der Waals surface area contributed by atoms with E-state index in [9.17, 15) is 39.9 Å². The van der Waals surface area contributed by atoms with Gasteiger partial charge < -0.3 is 15.4 Å². The molecule has 2 N–H and O–H groups in total. The molecule has 1 atom stereocenters. The molecular formula is C20H16F8N2O2. The monoisotopic (exact) mass is 468 g/mol. The van der Waals surface area contributed by atoms with Gasteiger partial charge in [0.15, 0.2) is 11.6 Å². The fourth-order valence-corrected chi connectivity index (χ4v) is 3.11. The van der Waals surface area contributed by atoms with Gasteiger partial charge >= 0.3 is 12.4 Å². The van der Waals surface area contributed by atoms with Crippen LogP contribution in [0.2, 0.25) is 0 Å². The van der Waals surface area contributed by atoms with Crippen LogP contribution < -0.4 is 15.4 Å². The van der Waals surface area contributed by atoms with E-state index in [4.69, 9.17) is 4.74 Å². The first-order chi connectivity index (χ1) is 14.8. The highest BCUT2D eigenvalue weighted by Crippen LogP contribution is 2.39. The number of amides is 1. The molecule has 2 aromatic rings. The predicted molar refractivity (Wildman–Crippen MR) is 95.7 cm³/mol. The van der Waals surface area contributed by atoms with Gasteiger partial charge in [0.2, 0.25) is 5.91 Å². The number of nitrogens with one attached hydrogen (secondary N) is 2. The van der Waals surface area contributed by atoms with Crippen LogP contribution in [-0.2, 0) is 23.7 Å². The van der Waals surface area contributed by atoms with Crippen molar-refractivity contribution in [3.05, 3.63) is 58.7 Å². The van der Waals surface area contributed by atoms with Gasteiger partial charge in [-0.15, -0.1) is 0 Å². The molecule has 0 radical (unpaired) electrons. The molecule has 1 heterocycles. The lowest BCUT2D eigenvalue weighted by Gasteiger charge is -2.16. The SMILES string of the molecule is O=C(NCc1cc(F)c(Oc2cc(C(F)(F)F)cc(C(F)(F)F)c2)cc1F)[C@@H]1CCCN1. The standard InChI is InChI=1S/C20H16F8N2O2/c21-14-8-17(15(22)4-10(14)9-30-18(31)16-2-1-3-29-16)32-13-6-11(19(23,24)25)5-12(7-13)20(26,27)28/h4-8,16,29H,1-3,9H2,(H,30,31)/t16-/m0/s1. The van der Waals surface area contributed by atoms with E-state index in [1.165, 1.54) is 0 Å². The normalized spacial score (nSPS) is 16.8. The number of carbonyl (C=O) groups excluding carboxylic acids is 1. The Morgan fingerprint density at radius 3 is 2.12 bits per heavy atom. The zero-order valence-electron chi connectivity index (χ0n) is 16.1. The van der Waals surface area contributed by atoms with Gasteiger partial charge in [-0.2, -0.15) is 26.3 Å². The maximum absolute atomic E-state index is 14.3. The maximum atomic E-state index is 14.3. The number of benzene rings is 2. The first-order valence-electron chi connectivity index (χ1n) is 9.31. The second-order valence-electron chi connectivity index (χ2n) is 7.08. The molecule has 1 saturated heterocycles. The van der Waals surface area contributed by atoms with E-state index in [1.54, 1.807) is 0 Å². The van der Waals surface area contributed by atoms with Crippen LogP contribution in [0.25, 0.3) is 0 Å². The lowest BCUT2D eigenvalue weighted by atomic mass is 10.1. The van der Waals surface area contributed by atoms with Crippen molar-refractivity contribution < 1.29 is 44.7 Å². The minimum atomic E-state index is -5.13. The van der Waals surface area contributed by atoms with E-state index in [0.29, 0.717) is 25.1 Å². The Balaban J connectivity index is 1.82. The molecule has 12 heteroatoms. The van der Waals surface area contributed by atoms with Crippen LogP contribution in [-0.4, -0.2) is 18.5 Å². The van der Waals surface area contributed by atoms with Gasteiger partial charge in [0.25, 0.3) is 0 Å². The minimum Gasteiger partial charge on any atom is -0.454 e. The lowest BCUT2D eigenvalue weighted by molar-refractivity contribution is -0.143. The van der Waals surface area contributed by atoms with Crippen molar-refractivity contribution in [1.82, 2.24) is 10.6 Å². The van der Waals surface area contributed by atoms with Gasteiger partial charge in [0.05, 0.1) is 17.2 Å². The molecule has 0 aromatic heterocycles. The van der Waals surface area contributed by atoms with Crippen LogP contribution in [0, 0.1) is 11.6 Å². The number of halogens is 8. The van der Waals surface area contributed by atoms with Crippen molar-refractivity contribution in [2.75, 3.05) is 6.54 Å². The summed E-state index contributed by atoms with van der Waals surface area (Å²) in [7, 11) is 0. The van der Waals surface area contributed by atoms with Crippen molar-refractivity contribution in [1.29, 1.82) is 0 Å². The maximum Gasteiger partial charge on any atom is 0.416 e. The van der Waals surface area contributed by atoms with Crippen molar-refractivity contribution in [2.24, 2.45) is 0 Å². The van der Waals surface area contributed by atoms with E-state index in [-0.39, 0.29) is 30.3 Å². The highest BCUT2D eigenvalue weighted by molar-refractivity contribution is 5.82. The van der Waals surface area contributed by atoms with Crippen molar-refractivity contribution in [2.45, 2.75) is 37.8 Å². The zero-order chi connectivity index (χ0) is 23.7. The average Bonchev–Trinajstić information content (AvgIpc) is 3.22. The molecule has 1 aliphatic heterocycles. The van der Waals surface area contributed by atoms with Gasteiger partial charge in [0.1, 0.15) is 11.6 Å². The van der Waals surface area contributed by atoms with Crippen LogP contribution in [0.4, 0.5) is 35.1 Å². The smallest absolute Gasteiger partial charge is 0.416 e. The molecule has 3 rings (SSSR count). The van der Waals surface area contributed by atoms with Gasteiger partial charge in [-0.3, -0.25) is 4.79 Å². The Morgan fingerprint density at radius 2 is 1.59 bits per heavy atom. The first kappa shape index (κ1) is 23.8. The molecule has 4 nitrogen and oxygen atoms in total. The highest BCUT2D eigenvalue weighted by atomic mass is 19.4. The Kier molecular flexibility index (Phi) is 6.63. The Labute approximate surface area is 176 Å². The Hall–Kier alpha value is -2.89. The van der Waals surface area contributed by atoms with Crippen LogP contribution in [0.3, 0.4) is 0 Å². The number of hydrogen-bond donors (Lipinski definition) is 2. The van der Waals surface area contributed by atoms with Crippen molar-refractivity contribution in [3.8, 4) is 11.5 Å². The predicted octanol–water partition coefficient (Wildman–Crippen LogP) is 5.16. The van der Waals surface area contributed by atoms with Gasteiger partial charge in [0, 0.05) is 18.2 Å². The minimum absolute atomic E-state index is 0.116. The molecule has 0 unspecified atom stereocenters. The second kappa shape index (κ2) is 8.93. The van der Waals surface area contributed by atoms with Crippen molar-refractivity contribution in [3.63, 3.8) is 0 Å². The van der Waals surface area contributed by atoms with Gasteiger partial charge in [-0.1, -0.05) is 0 Å². The molecular weight excluding hydrogens is 452 g/mol. The van der Waals surface area contributed by atoms with E-state index < -0.39 is 58.6 Å². The molecule has 1 amide bonds. The number of alkyl halides is 6. The fraction of sp³-hybridized carbons (Fsp3) is 0.350. The molecule has 0 saturated carbocycles. The molecule has 0 bridgehead atoms. The Morgan fingerprint density at radius 1 is 0.969 bits per heavy atom. The molecule has 32 heavy (non-hydrogen) atoms. The lowest BCUT2D eigenvalue weighted by Crippen LogP contribution is -2.40. The summed E-state index contributed by atoms with van der Waals surface area (Å²) < 4.78 is 111. The number of carbonyl (C=O) groups is 1. The Bertz CT molecular complexity index is 966. The summed E-state index contributed by atoms with van der Waals surface area (Å²) >= 11 is 0. The van der Waals surface area contributed by atoms with Crippen LogP contribution in [0.1, 0.15) is 29.5 Å². The van der Waals surface area contributed by atoms with Gasteiger partial charge in [-0.05, 0) is 43.7 Å². The molecule has 1 fully saturated rings. The topological polar surface area (TPSA) is 50.4 Å². The van der Waals surface area contributed by atoms with Crippen LogP contribution in [0.15, 0.2) is 30.3 Å². The average molecular weight is 468 g/mol. The van der Waals surface area contributed by atoms with Crippen LogP contribution in [0.5, 0.6) is 11.5 Å². The number of rotatable bonds is 5. The summed E-state index contributed by atoms with van der Waals surface area (Å²) in [5.41, 5.74) is -3.60. The molecule has 0 spiro atoms.